The first kappa shape index (κ1) is 15.0. The molecule has 1 atom stereocenters. The van der Waals surface area contributed by atoms with Crippen LogP contribution in [-0.4, -0.2) is 18.3 Å². The molecule has 0 saturated carbocycles. The Kier molecular flexibility index (Phi) is 5.04. The number of aliphatic hydroxyl groups is 1. The third kappa shape index (κ3) is 4.04. The molecule has 0 fully saturated rings. The number of aliphatic hydroxyl groups excluding tert-OH is 1. The van der Waals surface area contributed by atoms with Crippen LogP contribution in [0.5, 0.6) is 0 Å². The maximum absolute atomic E-state index is 9.07. The van der Waals surface area contributed by atoms with Crippen molar-refractivity contribution in [3.8, 4) is 0 Å². The lowest BCUT2D eigenvalue weighted by Gasteiger charge is -2.26. The van der Waals surface area contributed by atoms with Gasteiger partial charge in [0, 0.05) is 28.9 Å². The third-order valence-corrected chi connectivity index (χ3v) is 5.54. The Morgan fingerprint density at radius 1 is 1.37 bits per heavy atom. The molecule has 0 aromatic carbocycles. The SMILES string of the molecule is CC(NCC(C)(C)CCO)c1cc2c(s1)CCCC2. The van der Waals surface area contributed by atoms with Crippen LogP contribution in [0.3, 0.4) is 0 Å². The lowest BCUT2D eigenvalue weighted by molar-refractivity contribution is 0.204. The second-order valence-corrected chi connectivity index (χ2v) is 7.71. The number of hydrogen-bond donors (Lipinski definition) is 2. The second-order valence-electron chi connectivity index (χ2n) is 6.54. The zero-order valence-corrected chi connectivity index (χ0v) is 13.3. The molecule has 2 N–H and O–H groups in total. The minimum absolute atomic E-state index is 0.167. The quantitative estimate of drug-likeness (QED) is 0.833. The van der Waals surface area contributed by atoms with E-state index in [0.29, 0.717) is 6.04 Å². The lowest BCUT2D eigenvalue weighted by Crippen LogP contribution is -2.31. The minimum Gasteiger partial charge on any atom is -0.396 e. The molecule has 0 amide bonds. The summed E-state index contributed by atoms with van der Waals surface area (Å²) in [6.45, 7) is 7.91. The van der Waals surface area contributed by atoms with Crippen molar-refractivity contribution in [1.82, 2.24) is 5.32 Å². The van der Waals surface area contributed by atoms with E-state index in [4.69, 9.17) is 5.11 Å². The molecule has 1 heterocycles. The van der Waals surface area contributed by atoms with Gasteiger partial charge in [0.1, 0.15) is 0 Å². The summed E-state index contributed by atoms with van der Waals surface area (Å²) in [4.78, 5) is 3.09. The van der Waals surface area contributed by atoms with E-state index in [0.717, 1.165) is 13.0 Å². The Balaban J connectivity index is 1.92. The number of hydrogen-bond acceptors (Lipinski definition) is 3. The summed E-state index contributed by atoms with van der Waals surface area (Å²) in [5.74, 6) is 0. The summed E-state index contributed by atoms with van der Waals surface area (Å²) in [7, 11) is 0. The van der Waals surface area contributed by atoms with E-state index < -0.39 is 0 Å². The molecule has 1 unspecified atom stereocenters. The monoisotopic (exact) mass is 281 g/mol. The predicted octanol–water partition coefficient (Wildman–Crippen LogP) is 3.69. The fourth-order valence-corrected chi connectivity index (χ4v) is 3.93. The van der Waals surface area contributed by atoms with Crippen LogP contribution in [-0.2, 0) is 12.8 Å². The van der Waals surface area contributed by atoms with E-state index in [-0.39, 0.29) is 12.0 Å². The first-order chi connectivity index (χ1) is 9.02. The van der Waals surface area contributed by atoms with Gasteiger partial charge in [-0.1, -0.05) is 13.8 Å². The van der Waals surface area contributed by atoms with Gasteiger partial charge < -0.3 is 10.4 Å². The topological polar surface area (TPSA) is 32.3 Å². The second kappa shape index (κ2) is 6.38. The summed E-state index contributed by atoms with van der Waals surface area (Å²) in [6, 6.07) is 2.84. The molecule has 0 saturated heterocycles. The molecule has 2 nitrogen and oxygen atoms in total. The average Bonchev–Trinajstić information content (AvgIpc) is 2.79. The zero-order chi connectivity index (χ0) is 13.9. The Hall–Kier alpha value is -0.380. The summed E-state index contributed by atoms with van der Waals surface area (Å²) < 4.78 is 0. The van der Waals surface area contributed by atoms with Crippen molar-refractivity contribution in [2.45, 2.75) is 58.9 Å². The highest BCUT2D eigenvalue weighted by Crippen LogP contribution is 2.33. The van der Waals surface area contributed by atoms with Gasteiger partial charge in [-0.25, -0.2) is 0 Å². The molecule has 1 aromatic heterocycles. The van der Waals surface area contributed by atoms with Gasteiger partial charge in [0.15, 0.2) is 0 Å². The van der Waals surface area contributed by atoms with Gasteiger partial charge in [0.25, 0.3) is 0 Å². The Morgan fingerprint density at radius 3 is 2.79 bits per heavy atom. The molecule has 108 valence electrons. The Bertz CT molecular complexity index is 387. The highest BCUT2D eigenvalue weighted by Gasteiger charge is 2.20. The first-order valence-corrected chi connectivity index (χ1v) is 8.29. The predicted molar refractivity (Wildman–Crippen MR) is 82.9 cm³/mol. The highest BCUT2D eigenvalue weighted by molar-refractivity contribution is 7.12. The fraction of sp³-hybridized carbons (Fsp3) is 0.750. The summed E-state index contributed by atoms with van der Waals surface area (Å²) in [5.41, 5.74) is 1.76. The van der Waals surface area contributed by atoms with Crippen LogP contribution in [0.15, 0.2) is 6.07 Å². The molecule has 0 bridgehead atoms. The van der Waals surface area contributed by atoms with Crippen LogP contribution < -0.4 is 5.32 Å². The number of aryl methyl sites for hydroxylation is 2. The molecule has 0 radical (unpaired) electrons. The maximum Gasteiger partial charge on any atom is 0.0436 e. The van der Waals surface area contributed by atoms with Crippen LogP contribution >= 0.6 is 11.3 Å². The average molecular weight is 281 g/mol. The minimum atomic E-state index is 0.167. The summed E-state index contributed by atoms with van der Waals surface area (Å²) in [5, 5.41) is 12.7. The van der Waals surface area contributed by atoms with Crippen LogP contribution in [0.25, 0.3) is 0 Å². The van der Waals surface area contributed by atoms with Gasteiger partial charge in [-0.2, -0.15) is 0 Å². The maximum atomic E-state index is 9.07. The summed E-state index contributed by atoms with van der Waals surface area (Å²) in [6.07, 6.45) is 6.12. The molecular formula is C16H27NOS. The lowest BCUT2D eigenvalue weighted by atomic mass is 9.89. The van der Waals surface area contributed by atoms with Gasteiger partial charge in [0.2, 0.25) is 0 Å². The van der Waals surface area contributed by atoms with Crippen LogP contribution in [0, 0.1) is 5.41 Å². The number of thiophene rings is 1. The molecule has 19 heavy (non-hydrogen) atoms. The molecule has 0 spiro atoms. The molecule has 2 rings (SSSR count). The van der Waals surface area contributed by atoms with E-state index in [9.17, 15) is 0 Å². The number of rotatable bonds is 6. The van der Waals surface area contributed by atoms with Crippen molar-refractivity contribution in [2.75, 3.05) is 13.2 Å². The van der Waals surface area contributed by atoms with E-state index in [1.165, 1.54) is 30.6 Å². The largest absolute Gasteiger partial charge is 0.396 e. The molecule has 3 heteroatoms. The van der Waals surface area contributed by atoms with Crippen LogP contribution in [0.4, 0.5) is 0 Å². The molecular weight excluding hydrogens is 254 g/mol. The van der Waals surface area contributed by atoms with Gasteiger partial charge in [0.05, 0.1) is 0 Å². The highest BCUT2D eigenvalue weighted by atomic mass is 32.1. The van der Waals surface area contributed by atoms with Crippen LogP contribution in [0.2, 0.25) is 0 Å². The van der Waals surface area contributed by atoms with Crippen molar-refractivity contribution in [1.29, 1.82) is 0 Å². The smallest absolute Gasteiger partial charge is 0.0436 e. The molecule has 1 aliphatic carbocycles. The van der Waals surface area contributed by atoms with E-state index >= 15 is 0 Å². The molecule has 1 aliphatic rings. The van der Waals surface area contributed by atoms with E-state index in [1.807, 2.05) is 11.3 Å². The van der Waals surface area contributed by atoms with Crippen molar-refractivity contribution in [3.05, 3.63) is 21.4 Å². The van der Waals surface area contributed by atoms with Crippen LogP contribution in [0.1, 0.15) is 61.4 Å². The molecule has 1 aromatic rings. The van der Waals surface area contributed by atoms with Crippen molar-refractivity contribution < 1.29 is 5.11 Å². The first-order valence-electron chi connectivity index (χ1n) is 7.47. The summed E-state index contributed by atoms with van der Waals surface area (Å²) >= 11 is 2.00. The van der Waals surface area contributed by atoms with Crippen molar-refractivity contribution in [3.63, 3.8) is 0 Å². The number of nitrogens with one attached hydrogen (secondary N) is 1. The van der Waals surface area contributed by atoms with Crippen molar-refractivity contribution in [2.24, 2.45) is 5.41 Å². The molecule has 0 aliphatic heterocycles. The zero-order valence-electron chi connectivity index (χ0n) is 12.5. The van der Waals surface area contributed by atoms with E-state index in [1.54, 1.807) is 10.4 Å². The fourth-order valence-electron chi connectivity index (χ4n) is 2.65. The van der Waals surface area contributed by atoms with Gasteiger partial charge >= 0.3 is 0 Å². The van der Waals surface area contributed by atoms with Gasteiger partial charge in [-0.15, -0.1) is 11.3 Å². The van der Waals surface area contributed by atoms with E-state index in [2.05, 4.69) is 32.2 Å². The number of fused-ring (bicyclic) bond motifs is 1. The van der Waals surface area contributed by atoms with Crippen molar-refractivity contribution >= 4 is 11.3 Å². The standard InChI is InChI=1S/C16H27NOS/c1-12(17-11-16(2,3)8-9-18)15-10-13-6-4-5-7-14(13)19-15/h10,12,17-18H,4-9,11H2,1-3H3. The normalized spacial score (nSPS) is 17.3. The van der Waals surface area contributed by atoms with Gasteiger partial charge in [-0.05, 0) is 56.1 Å². The Labute approximate surface area is 121 Å². The van der Waals surface area contributed by atoms with Gasteiger partial charge in [-0.3, -0.25) is 0 Å². The third-order valence-electron chi connectivity index (χ3n) is 4.12. The Morgan fingerprint density at radius 2 is 2.11 bits per heavy atom.